The second-order valence-electron chi connectivity index (χ2n) is 6.59. The van der Waals surface area contributed by atoms with Crippen LogP contribution in [0.3, 0.4) is 0 Å². The smallest absolute Gasteiger partial charge is 0.169 e. The van der Waals surface area contributed by atoms with Crippen molar-refractivity contribution in [1.29, 1.82) is 0 Å². The quantitative estimate of drug-likeness (QED) is 0.823. The average Bonchev–Trinajstić information content (AvgIpc) is 3.10. The molecule has 2 aliphatic heterocycles. The molecule has 152 valence electrons. The lowest BCUT2D eigenvalue weighted by Gasteiger charge is -2.30. The fourth-order valence-electron chi connectivity index (χ4n) is 3.29. The molecule has 4 rings (SSSR count). The van der Waals surface area contributed by atoms with Crippen molar-refractivity contribution in [2.45, 2.75) is 6.10 Å². The molecule has 1 atom stereocenters. The zero-order valence-electron chi connectivity index (χ0n) is 15.3. The molecule has 0 aliphatic carbocycles. The van der Waals surface area contributed by atoms with E-state index >= 15 is 0 Å². The predicted octanol–water partition coefficient (Wildman–Crippen LogP) is 2.04. The highest BCUT2D eigenvalue weighted by Gasteiger charge is 2.24. The van der Waals surface area contributed by atoms with Crippen LogP contribution in [0.15, 0.2) is 29.0 Å². The van der Waals surface area contributed by atoms with E-state index < -0.39 is 11.6 Å². The first kappa shape index (κ1) is 18.9. The number of ether oxygens (including phenoxy) is 3. The maximum atomic E-state index is 14.7. The lowest BCUT2D eigenvalue weighted by atomic mass is 10.2. The molecule has 2 aromatic rings. The lowest BCUT2D eigenvalue weighted by molar-refractivity contribution is -0.0604. The van der Waals surface area contributed by atoms with Crippen molar-refractivity contribution in [1.82, 2.24) is 5.16 Å². The van der Waals surface area contributed by atoms with Gasteiger partial charge in [-0.2, -0.15) is 0 Å². The molecule has 3 heterocycles. The summed E-state index contributed by atoms with van der Waals surface area (Å²) in [5.41, 5.74) is 0.396. The van der Waals surface area contributed by atoms with Crippen LogP contribution < -0.4 is 15.1 Å². The van der Waals surface area contributed by atoms with E-state index in [0.717, 1.165) is 0 Å². The van der Waals surface area contributed by atoms with E-state index in [2.05, 4.69) is 10.5 Å². The number of benzene rings is 1. The van der Waals surface area contributed by atoms with Gasteiger partial charge in [-0.25, -0.2) is 8.78 Å². The van der Waals surface area contributed by atoms with Gasteiger partial charge in [-0.3, -0.25) is 0 Å². The summed E-state index contributed by atoms with van der Waals surface area (Å²) >= 11 is 0. The summed E-state index contributed by atoms with van der Waals surface area (Å²) in [5, 5.41) is 6.87. The summed E-state index contributed by atoms with van der Waals surface area (Å²) < 4.78 is 50.6. The van der Waals surface area contributed by atoms with E-state index in [1.807, 2.05) is 0 Å². The van der Waals surface area contributed by atoms with E-state index in [4.69, 9.17) is 18.7 Å². The third-order valence-corrected chi connectivity index (χ3v) is 4.70. The third kappa shape index (κ3) is 4.34. The third-order valence-electron chi connectivity index (χ3n) is 4.70. The SMILES string of the molecule is Fc1cc(N2COCO[C@@H](CNc3ccon3)C2)cc(F)c1N1CCOCC1. The van der Waals surface area contributed by atoms with Crippen LogP contribution in [0.1, 0.15) is 0 Å². The minimum Gasteiger partial charge on any atom is -0.378 e. The van der Waals surface area contributed by atoms with Gasteiger partial charge in [0.05, 0.1) is 19.3 Å². The molecule has 8 nitrogen and oxygen atoms in total. The van der Waals surface area contributed by atoms with Crippen LogP contribution >= 0.6 is 0 Å². The van der Waals surface area contributed by atoms with Gasteiger partial charge in [0, 0.05) is 37.9 Å². The summed E-state index contributed by atoms with van der Waals surface area (Å²) in [6.07, 6.45) is 1.21. The first-order valence-electron chi connectivity index (χ1n) is 9.11. The van der Waals surface area contributed by atoms with Crippen molar-refractivity contribution < 1.29 is 27.5 Å². The Balaban J connectivity index is 1.47. The predicted molar refractivity (Wildman–Crippen MR) is 97.4 cm³/mol. The Morgan fingerprint density at radius 1 is 1.11 bits per heavy atom. The van der Waals surface area contributed by atoms with Gasteiger partial charge in [0.15, 0.2) is 17.5 Å². The molecule has 0 spiro atoms. The zero-order valence-corrected chi connectivity index (χ0v) is 15.3. The van der Waals surface area contributed by atoms with E-state index in [1.165, 1.54) is 18.4 Å². The first-order valence-corrected chi connectivity index (χ1v) is 9.11. The molecule has 0 amide bonds. The topological polar surface area (TPSA) is 72.2 Å². The molecule has 0 saturated carbocycles. The molecule has 2 fully saturated rings. The molecule has 2 aliphatic rings. The Morgan fingerprint density at radius 2 is 1.89 bits per heavy atom. The van der Waals surface area contributed by atoms with Crippen LogP contribution in [-0.2, 0) is 14.2 Å². The van der Waals surface area contributed by atoms with Gasteiger partial charge in [0.1, 0.15) is 25.5 Å². The normalized spacial score (nSPS) is 20.9. The summed E-state index contributed by atoms with van der Waals surface area (Å²) in [6, 6.07) is 4.37. The lowest BCUT2D eigenvalue weighted by Crippen LogP contribution is -2.38. The van der Waals surface area contributed by atoms with Crippen molar-refractivity contribution in [2.24, 2.45) is 0 Å². The van der Waals surface area contributed by atoms with Crippen LogP contribution in [0.25, 0.3) is 0 Å². The number of halogens is 2. The summed E-state index contributed by atoms with van der Waals surface area (Å²) in [5.74, 6) is -0.606. The highest BCUT2D eigenvalue weighted by molar-refractivity contribution is 5.59. The number of nitrogens with one attached hydrogen (secondary N) is 1. The number of anilines is 3. The van der Waals surface area contributed by atoms with E-state index in [0.29, 0.717) is 50.9 Å². The van der Waals surface area contributed by atoms with E-state index in [9.17, 15) is 8.78 Å². The fraction of sp³-hybridized carbons (Fsp3) is 0.500. The minimum atomic E-state index is -0.598. The Bertz CT molecular complexity index is 748. The zero-order chi connectivity index (χ0) is 19.3. The fourth-order valence-corrected chi connectivity index (χ4v) is 3.29. The second kappa shape index (κ2) is 8.72. The number of aromatic nitrogens is 1. The molecule has 28 heavy (non-hydrogen) atoms. The largest absolute Gasteiger partial charge is 0.378 e. The Hall–Kier alpha value is -2.43. The van der Waals surface area contributed by atoms with Gasteiger partial charge in [0.2, 0.25) is 0 Å². The summed E-state index contributed by atoms with van der Waals surface area (Å²) in [7, 11) is 0. The number of hydrogen-bond donors (Lipinski definition) is 1. The van der Waals surface area contributed by atoms with Crippen molar-refractivity contribution in [3.05, 3.63) is 36.1 Å². The van der Waals surface area contributed by atoms with Crippen molar-refractivity contribution in [3.8, 4) is 0 Å². The van der Waals surface area contributed by atoms with Gasteiger partial charge < -0.3 is 33.9 Å². The standard InChI is InChI=1S/C18H22F2N4O4/c19-15-7-13(8-16(20)18(15)23-2-5-25-6-3-23)24-10-14(27-12-26-11-24)9-21-17-1-4-28-22-17/h1,4,7-8,14H,2-3,5-6,9-12H2,(H,21,22)/t14-/m0/s1. The second-order valence-corrected chi connectivity index (χ2v) is 6.59. The average molecular weight is 396 g/mol. The molecule has 1 aromatic carbocycles. The van der Waals surface area contributed by atoms with E-state index in [-0.39, 0.29) is 25.3 Å². The number of nitrogens with zero attached hydrogens (tertiary/aromatic N) is 3. The summed E-state index contributed by atoms with van der Waals surface area (Å²) in [4.78, 5) is 3.42. The van der Waals surface area contributed by atoms with Crippen molar-refractivity contribution >= 4 is 17.2 Å². The Kier molecular flexibility index (Phi) is 5.89. The highest BCUT2D eigenvalue weighted by Crippen LogP contribution is 2.30. The number of rotatable bonds is 5. The molecule has 0 unspecified atom stereocenters. The molecule has 10 heteroatoms. The van der Waals surface area contributed by atoms with Crippen LogP contribution in [0, 0.1) is 11.6 Å². The molecular weight excluding hydrogens is 374 g/mol. The molecule has 2 saturated heterocycles. The molecule has 0 radical (unpaired) electrons. The molecule has 1 N–H and O–H groups in total. The molecule has 1 aromatic heterocycles. The Labute approximate surface area is 160 Å². The van der Waals surface area contributed by atoms with Gasteiger partial charge in [-0.1, -0.05) is 5.16 Å². The maximum Gasteiger partial charge on any atom is 0.169 e. The molecular formula is C18H22F2N4O4. The first-order chi connectivity index (χ1) is 13.7. The van der Waals surface area contributed by atoms with Crippen LogP contribution in [0.5, 0.6) is 0 Å². The van der Waals surface area contributed by atoms with Crippen molar-refractivity contribution in [2.75, 3.05) is 68.0 Å². The van der Waals surface area contributed by atoms with Crippen LogP contribution in [-0.4, -0.2) is 64.2 Å². The van der Waals surface area contributed by atoms with Gasteiger partial charge in [-0.15, -0.1) is 0 Å². The van der Waals surface area contributed by atoms with Crippen LogP contribution in [0.2, 0.25) is 0 Å². The van der Waals surface area contributed by atoms with Gasteiger partial charge in [0.25, 0.3) is 0 Å². The molecule has 0 bridgehead atoms. The number of hydrogen-bond acceptors (Lipinski definition) is 8. The van der Waals surface area contributed by atoms with Gasteiger partial charge in [-0.05, 0) is 12.1 Å². The maximum absolute atomic E-state index is 14.7. The van der Waals surface area contributed by atoms with Crippen molar-refractivity contribution in [3.63, 3.8) is 0 Å². The number of morpholine rings is 1. The monoisotopic (exact) mass is 396 g/mol. The van der Waals surface area contributed by atoms with E-state index in [1.54, 1.807) is 15.9 Å². The summed E-state index contributed by atoms with van der Waals surface area (Å²) in [6.45, 7) is 2.96. The minimum absolute atomic E-state index is 0.0108. The highest BCUT2D eigenvalue weighted by atomic mass is 19.1. The Morgan fingerprint density at radius 3 is 2.61 bits per heavy atom. The van der Waals surface area contributed by atoms with Gasteiger partial charge >= 0.3 is 0 Å². The van der Waals surface area contributed by atoms with Crippen LogP contribution in [0.4, 0.5) is 26.0 Å².